The molecular formula is C26H36ClN3O4S. The van der Waals surface area contributed by atoms with Gasteiger partial charge in [0.2, 0.25) is 21.8 Å². The summed E-state index contributed by atoms with van der Waals surface area (Å²) in [6.07, 6.45) is 1.58. The van der Waals surface area contributed by atoms with E-state index in [1.165, 1.54) is 15.5 Å². The van der Waals surface area contributed by atoms with Gasteiger partial charge >= 0.3 is 0 Å². The average molecular weight is 522 g/mol. The zero-order valence-electron chi connectivity index (χ0n) is 21.3. The van der Waals surface area contributed by atoms with Gasteiger partial charge in [0.05, 0.1) is 11.9 Å². The molecule has 2 amide bonds. The van der Waals surface area contributed by atoms with Crippen molar-refractivity contribution in [2.75, 3.05) is 17.1 Å². The van der Waals surface area contributed by atoms with Crippen LogP contribution in [0.2, 0.25) is 5.02 Å². The summed E-state index contributed by atoms with van der Waals surface area (Å²) in [6.45, 7) is 9.61. The van der Waals surface area contributed by atoms with Crippen LogP contribution >= 0.6 is 11.6 Å². The zero-order valence-corrected chi connectivity index (χ0v) is 22.9. The molecule has 0 unspecified atom stereocenters. The Kier molecular flexibility index (Phi) is 10.2. The van der Waals surface area contributed by atoms with Gasteiger partial charge in [-0.1, -0.05) is 35.9 Å². The number of carbonyl (C=O) groups is 2. The number of sulfonamides is 1. The first-order valence-electron chi connectivity index (χ1n) is 11.7. The third kappa shape index (κ3) is 8.54. The Morgan fingerprint density at radius 3 is 2.23 bits per heavy atom. The molecule has 0 saturated carbocycles. The molecule has 0 heterocycles. The minimum Gasteiger partial charge on any atom is -0.352 e. The number of hydrogen-bond acceptors (Lipinski definition) is 4. The highest BCUT2D eigenvalue weighted by Gasteiger charge is 2.27. The largest absolute Gasteiger partial charge is 0.352 e. The van der Waals surface area contributed by atoms with Gasteiger partial charge in [-0.15, -0.1) is 0 Å². The average Bonchev–Trinajstić information content (AvgIpc) is 2.76. The molecule has 7 nitrogen and oxygen atoms in total. The van der Waals surface area contributed by atoms with Gasteiger partial charge < -0.3 is 10.2 Å². The smallest absolute Gasteiger partial charge is 0.242 e. The van der Waals surface area contributed by atoms with Crippen molar-refractivity contribution in [1.82, 2.24) is 10.2 Å². The molecule has 0 aliphatic heterocycles. The van der Waals surface area contributed by atoms with Crippen molar-refractivity contribution < 1.29 is 18.0 Å². The summed E-state index contributed by atoms with van der Waals surface area (Å²) in [7, 11) is -3.54. The minimum atomic E-state index is -3.54. The predicted octanol–water partition coefficient (Wildman–Crippen LogP) is 4.44. The molecule has 0 spiro atoms. The van der Waals surface area contributed by atoms with E-state index in [4.69, 9.17) is 11.6 Å². The lowest BCUT2D eigenvalue weighted by Gasteiger charge is -2.30. The molecule has 0 saturated heterocycles. The molecule has 0 bridgehead atoms. The van der Waals surface area contributed by atoms with Crippen molar-refractivity contribution in [2.45, 2.75) is 66.1 Å². The number of nitrogens with zero attached hydrogens (tertiary/aromatic N) is 2. The molecule has 9 heteroatoms. The van der Waals surface area contributed by atoms with Gasteiger partial charge in [-0.3, -0.25) is 13.9 Å². The number of benzene rings is 2. The van der Waals surface area contributed by atoms with E-state index in [0.29, 0.717) is 17.1 Å². The summed E-state index contributed by atoms with van der Waals surface area (Å²) >= 11 is 5.99. The van der Waals surface area contributed by atoms with Crippen LogP contribution in [-0.2, 0) is 26.2 Å². The Labute approximate surface area is 214 Å². The van der Waals surface area contributed by atoms with E-state index >= 15 is 0 Å². The maximum absolute atomic E-state index is 13.3. The van der Waals surface area contributed by atoms with Gasteiger partial charge in [-0.25, -0.2) is 8.42 Å². The monoisotopic (exact) mass is 521 g/mol. The van der Waals surface area contributed by atoms with Crippen LogP contribution in [0.15, 0.2) is 42.5 Å². The van der Waals surface area contributed by atoms with Crippen LogP contribution in [0.5, 0.6) is 0 Å². The van der Waals surface area contributed by atoms with Gasteiger partial charge in [0.25, 0.3) is 0 Å². The first kappa shape index (κ1) is 28.7. The van der Waals surface area contributed by atoms with Crippen molar-refractivity contribution in [3.63, 3.8) is 0 Å². The fourth-order valence-corrected chi connectivity index (χ4v) is 4.89. The molecule has 2 rings (SSSR count). The van der Waals surface area contributed by atoms with Gasteiger partial charge in [0.1, 0.15) is 6.04 Å². The van der Waals surface area contributed by atoms with Crippen LogP contribution in [0.25, 0.3) is 0 Å². The molecule has 0 radical (unpaired) electrons. The highest BCUT2D eigenvalue weighted by atomic mass is 35.5. The third-order valence-electron chi connectivity index (χ3n) is 5.65. The highest BCUT2D eigenvalue weighted by molar-refractivity contribution is 7.92. The summed E-state index contributed by atoms with van der Waals surface area (Å²) in [5.74, 6) is -0.462. The molecule has 0 fully saturated rings. The topological polar surface area (TPSA) is 86.8 Å². The lowest BCUT2D eigenvalue weighted by molar-refractivity contribution is -0.140. The number of hydrogen-bond donors (Lipinski definition) is 1. The molecule has 192 valence electrons. The van der Waals surface area contributed by atoms with Crippen LogP contribution in [0.1, 0.15) is 50.3 Å². The number of nitrogens with one attached hydrogen (secondary N) is 1. The number of amides is 2. The molecule has 2 aromatic carbocycles. The normalized spacial score (nSPS) is 12.3. The van der Waals surface area contributed by atoms with Crippen LogP contribution in [0, 0.1) is 13.8 Å². The van der Waals surface area contributed by atoms with E-state index in [0.717, 1.165) is 16.7 Å². The van der Waals surface area contributed by atoms with Crippen molar-refractivity contribution in [3.05, 3.63) is 64.2 Å². The van der Waals surface area contributed by atoms with E-state index < -0.39 is 16.1 Å². The third-order valence-corrected chi connectivity index (χ3v) is 7.08. The molecule has 35 heavy (non-hydrogen) atoms. The molecule has 2 aromatic rings. The Hall–Kier alpha value is -2.58. The van der Waals surface area contributed by atoms with E-state index in [1.54, 1.807) is 19.1 Å². The Bertz CT molecular complexity index is 1130. The molecular weight excluding hydrogens is 486 g/mol. The van der Waals surface area contributed by atoms with E-state index in [1.807, 2.05) is 58.0 Å². The second kappa shape index (κ2) is 12.4. The SMILES string of the molecule is Cc1ccc(C)c(N(CCCC(=O)N(Cc2ccc(Cl)cc2)[C@@H](C)C(=O)NC(C)C)S(C)(=O)=O)c1. The fraction of sp³-hybridized carbons (Fsp3) is 0.462. The van der Waals surface area contributed by atoms with Crippen molar-refractivity contribution >= 4 is 39.1 Å². The number of aryl methyl sites for hydroxylation is 2. The van der Waals surface area contributed by atoms with Gasteiger partial charge in [-0.2, -0.15) is 0 Å². The Morgan fingerprint density at radius 1 is 1.03 bits per heavy atom. The number of halogens is 1. The standard InChI is InChI=1S/C26H36ClN3O4S/c1-18(2)28-26(32)21(5)29(17-22-11-13-23(27)14-12-22)25(31)8-7-15-30(35(6,33)34)24-16-19(3)9-10-20(24)4/h9-14,16,18,21H,7-8,15,17H2,1-6H3,(H,28,32)/t21-/m0/s1. The van der Waals surface area contributed by atoms with E-state index in [9.17, 15) is 18.0 Å². The van der Waals surface area contributed by atoms with Crippen LogP contribution < -0.4 is 9.62 Å². The van der Waals surface area contributed by atoms with Gasteiger partial charge in [-0.05, 0) is 75.9 Å². The van der Waals surface area contributed by atoms with E-state index in [-0.39, 0.29) is 37.4 Å². The molecule has 0 aliphatic rings. The number of anilines is 1. The van der Waals surface area contributed by atoms with Gasteiger partial charge in [0.15, 0.2) is 0 Å². The minimum absolute atomic E-state index is 0.0571. The van der Waals surface area contributed by atoms with Crippen molar-refractivity contribution in [3.8, 4) is 0 Å². The predicted molar refractivity (Wildman–Crippen MR) is 142 cm³/mol. The van der Waals surface area contributed by atoms with Gasteiger partial charge in [0, 0.05) is 30.6 Å². The fourth-order valence-electron chi connectivity index (χ4n) is 3.74. The number of rotatable bonds is 11. The summed E-state index contributed by atoms with van der Waals surface area (Å²) in [6, 6.07) is 12.0. The molecule has 1 N–H and O–H groups in total. The molecule has 0 aliphatic carbocycles. The summed E-state index contributed by atoms with van der Waals surface area (Å²) in [5, 5.41) is 3.45. The lowest BCUT2D eigenvalue weighted by atomic mass is 10.1. The Morgan fingerprint density at radius 2 is 1.66 bits per heavy atom. The maximum atomic E-state index is 13.3. The van der Waals surface area contributed by atoms with Crippen molar-refractivity contribution in [1.29, 1.82) is 0 Å². The second-order valence-electron chi connectivity index (χ2n) is 9.22. The second-order valence-corrected chi connectivity index (χ2v) is 11.6. The first-order chi connectivity index (χ1) is 16.3. The van der Waals surface area contributed by atoms with Crippen LogP contribution in [0.4, 0.5) is 5.69 Å². The van der Waals surface area contributed by atoms with E-state index in [2.05, 4.69) is 5.32 Å². The molecule has 0 aromatic heterocycles. The summed E-state index contributed by atoms with van der Waals surface area (Å²) in [5.41, 5.74) is 3.26. The highest BCUT2D eigenvalue weighted by Crippen LogP contribution is 2.25. The van der Waals surface area contributed by atoms with Crippen molar-refractivity contribution in [2.24, 2.45) is 0 Å². The first-order valence-corrected chi connectivity index (χ1v) is 13.9. The zero-order chi connectivity index (χ0) is 26.3. The quantitative estimate of drug-likeness (QED) is 0.473. The Balaban J connectivity index is 2.20. The maximum Gasteiger partial charge on any atom is 0.242 e. The number of carbonyl (C=O) groups excluding carboxylic acids is 2. The van der Waals surface area contributed by atoms with Crippen LogP contribution in [0.3, 0.4) is 0 Å². The molecule has 1 atom stereocenters. The van der Waals surface area contributed by atoms with Crippen LogP contribution in [-0.4, -0.2) is 50.0 Å². The lowest BCUT2D eigenvalue weighted by Crippen LogP contribution is -2.49. The summed E-state index contributed by atoms with van der Waals surface area (Å²) < 4.78 is 26.4. The summed E-state index contributed by atoms with van der Waals surface area (Å²) in [4.78, 5) is 27.5.